The number of hydrogen-bond acceptors (Lipinski definition) is 3. The molecule has 2 fully saturated rings. The summed E-state index contributed by atoms with van der Waals surface area (Å²) >= 11 is 0. The first-order valence-electron chi connectivity index (χ1n) is 6.88. The molecule has 6 nitrogen and oxygen atoms in total. The van der Waals surface area contributed by atoms with Crippen molar-refractivity contribution in [3.63, 3.8) is 0 Å². The molecule has 6 heteroatoms. The molecule has 2 amide bonds. The van der Waals surface area contributed by atoms with E-state index in [1.165, 1.54) is 4.90 Å². The lowest BCUT2D eigenvalue weighted by Gasteiger charge is -2.31. The Kier molecular flexibility index (Phi) is 3.99. The molecule has 0 aromatic rings. The number of hydrogen-bond donors (Lipinski definition) is 2. The SMILES string of the molecule is CC(C)CN(C(=O)N1C[C@H](O)C[C@H]1C(=O)O)C1CC1. The normalized spacial score (nSPS) is 26.8. The highest BCUT2D eigenvalue weighted by atomic mass is 16.4. The highest BCUT2D eigenvalue weighted by molar-refractivity contribution is 5.83. The van der Waals surface area contributed by atoms with Crippen molar-refractivity contribution in [2.75, 3.05) is 13.1 Å². The van der Waals surface area contributed by atoms with Crippen molar-refractivity contribution >= 4 is 12.0 Å². The van der Waals surface area contributed by atoms with E-state index < -0.39 is 18.1 Å². The predicted molar refractivity (Wildman–Crippen MR) is 68.7 cm³/mol. The minimum Gasteiger partial charge on any atom is -0.480 e. The maximum absolute atomic E-state index is 12.5. The number of nitrogens with zero attached hydrogens (tertiary/aromatic N) is 2. The molecule has 0 spiro atoms. The van der Waals surface area contributed by atoms with Crippen molar-refractivity contribution in [1.29, 1.82) is 0 Å². The molecule has 1 aliphatic carbocycles. The molecule has 1 saturated carbocycles. The van der Waals surface area contributed by atoms with Gasteiger partial charge in [0.25, 0.3) is 0 Å². The summed E-state index contributed by atoms with van der Waals surface area (Å²) in [5.74, 6) is -0.689. The van der Waals surface area contributed by atoms with E-state index in [2.05, 4.69) is 0 Å². The Hall–Kier alpha value is -1.30. The zero-order chi connectivity index (χ0) is 14.2. The van der Waals surface area contributed by atoms with Crippen LogP contribution in [0.2, 0.25) is 0 Å². The van der Waals surface area contributed by atoms with Crippen LogP contribution < -0.4 is 0 Å². The summed E-state index contributed by atoms with van der Waals surface area (Å²) in [6.07, 6.45) is 1.38. The van der Waals surface area contributed by atoms with Gasteiger partial charge < -0.3 is 20.0 Å². The number of rotatable bonds is 4. The summed E-state index contributed by atoms with van der Waals surface area (Å²) in [4.78, 5) is 26.8. The molecule has 19 heavy (non-hydrogen) atoms. The van der Waals surface area contributed by atoms with Crippen LogP contribution in [0.25, 0.3) is 0 Å². The number of β-amino-alcohol motifs (C(OH)–C–C–N with tert-alkyl or cyclic N) is 1. The third-order valence-corrected chi connectivity index (χ3v) is 3.60. The van der Waals surface area contributed by atoms with Gasteiger partial charge in [-0.25, -0.2) is 9.59 Å². The predicted octanol–water partition coefficient (Wildman–Crippen LogP) is 0.747. The van der Waals surface area contributed by atoms with Gasteiger partial charge >= 0.3 is 12.0 Å². The molecule has 2 rings (SSSR count). The van der Waals surface area contributed by atoms with Crippen LogP contribution in [0.4, 0.5) is 4.79 Å². The van der Waals surface area contributed by atoms with Crippen LogP contribution in [0.1, 0.15) is 33.1 Å². The van der Waals surface area contributed by atoms with Crippen LogP contribution in [0.3, 0.4) is 0 Å². The standard InChI is InChI=1S/C13H22N2O4/c1-8(2)6-14(9-3-4-9)13(19)15-7-10(16)5-11(15)12(17)18/h8-11,16H,3-7H2,1-2H3,(H,17,18)/t10-,11+/m1/s1. The van der Waals surface area contributed by atoms with Gasteiger partial charge in [0.05, 0.1) is 6.10 Å². The van der Waals surface area contributed by atoms with Gasteiger partial charge in [-0.2, -0.15) is 0 Å². The molecular weight excluding hydrogens is 248 g/mol. The molecule has 108 valence electrons. The Balaban J connectivity index is 2.09. The lowest BCUT2D eigenvalue weighted by Crippen LogP contribution is -2.50. The number of aliphatic carboxylic acids is 1. The zero-order valence-electron chi connectivity index (χ0n) is 11.5. The van der Waals surface area contributed by atoms with E-state index in [-0.39, 0.29) is 25.0 Å². The average Bonchev–Trinajstić information content (AvgIpc) is 3.07. The number of aliphatic hydroxyl groups is 1. The van der Waals surface area contributed by atoms with Gasteiger partial charge in [-0.3, -0.25) is 0 Å². The molecule has 1 aliphatic heterocycles. The second-order valence-electron chi connectivity index (χ2n) is 5.96. The van der Waals surface area contributed by atoms with Gasteiger partial charge in [0, 0.05) is 25.6 Å². The van der Waals surface area contributed by atoms with Crippen LogP contribution >= 0.6 is 0 Å². The molecule has 2 aliphatic rings. The molecule has 1 saturated heterocycles. The lowest BCUT2D eigenvalue weighted by atomic mass is 10.2. The molecule has 1 heterocycles. The first-order valence-corrected chi connectivity index (χ1v) is 6.88. The second-order valence-corrected chi connectivity index (χ2v) is 5.96. The van der Waals surface area contributed by atoms with E-state index in [0.29, 0.717) is 12.5 Å². The number of likely N-dealkylation sites (tertiary alicyclic amines) is 1. The van der Waals surface area contributed by atoms with Gasteiger partial charge in [-0.1, -0.05) is 13.8 Å². The largest absolute Gasteiger partial charge is 0.480 e. The molecule has 2 atom stereocenters. The quantitative estimate of drug-likeness (QED) is 0.789. The third-order valence-electron chi connectivity index (χ3n) is 3.60. The van der Waals surface area contributed by atoms with E-state index in [1.54, 1.807) is 4.90 Å². The molecule has 0 aromatic heterocycles. The van der Waals surface area contributed by atoms with Crippen molar-refractivity contribution in [1.82, 2.24) is 9.80 Å². The van der Waals surface area contributed by atoms with Gasteiger partial charge in [-0.15, -0.1) is 0 Å². The minimum absolute atomic E-state index is 0.122. The summed E-state index contributed by atoms with van der Waals surface area (Å²) in [6.45, 7) is 4.84. The summed E-state index contributed by atoms with van der Waals surface area (Å²) < 4.78 is 0. The summed E-state index contributed by atoms with van der Waals surface area (Å²) in [7, 11) is 0. The number of aliphatic hydroxyl groups excluding tert-OH is 1. The fraction of sp³-hybridized carbons (Fsp3) is 0.846. The lowest BCUT2D eigenvalue weighted by molar-refractivity contribution is -0.141. The Morgan fingerprint density at radius 1 is 1.37 bits per heavy atom. The molecular formula is C13H22N2O4. The van der Waals surface area contributed by atoms with Gasteiger partial charge in [0.2, 0.25) is 0 Å². The molecule has 2 N–H and O–H groups in total. The van der Waals surface area contributed by atoms with Gasteiger partial charge in [-0.05, 0) is 18.8 Å². The molecule has 0 bridgehead atoms. The number of carboxylic acids is 1. The van der Waals surface area contributed by atoms with E-state index in [4.69, 9.17) is 5.11 Å². The monoisotopic (exact) mass is 270 g/mol. The summed E-state index contributed by atoms with van der Waals surface area (Å²) in [5.41, 5.74) is 0. The maximum atomic E-state index is 12.5. The van der Waals surface area contributed by atoms with Crippen LogP contribution in [-0.2, 0) is 4.79 Å². The summed E-state index contributed by atoms with van der Waals surface area (Å²) in [6, 6.07) is -0.877. The van der Waals surface area contributed by atoms with Crippen molar-refractivity contribution in [2.45, 2.75) is 51.3 Å². The molecule has 0 aromatic carbocycles. The van der Waals surface area contributed by atoms with E-state index in [9.17, 15) is 14.7 Å². The van der Waals surface area contributed by atoms with Gasteiger partial charge in [0.1, 0.15) is 6.04 Å². The fourth-order valence-corrected chi connectivity index (χ4v) is 2.59. The number of carbonyl (C=O) groups is 2. The Labute approximate surface area is 113 Å². The summed E-state index contributed by atoms with van der Waals surface area (Å²) in [5, 5.41) is 18.8. The second kappa shape index (κ2) is 5.36. The average molecular weight is 270 g/mol. The minimum atomic E-state index is -1.04. The van der Waals surface area contributed by atoms with Crippen LogP contribution in [0.15, 0.2) is 0 Å². The molecule has 0 unspecified atom stereocenters. The van der Waals surface area contributed by atoms with Crippen molar-refractivity contribution < 1.29 is 19.8 Å². The highest BCUT2D eigenvalue weighted by Crippen LogP contribution is 2.30. The van der Waals surface area contributed by atoms with E-state index in [0.717, 1.165) is 12.8 Å². The topological polar surface area (TPSA) is 81.1 Å². The first kappa shape index (κ1) is 14.1. The number of carboxylic acid groups (broad SMARTS) is 1. The van der Waals surface area contributed by atoms with E-state index in [1.807, 2.05) is 13.8 Å². The first-order chi connectivity index (χ1) is 8.90. The van der Waals surface area contributed by atoms with Crippen molar-refractivity contribution in [2.24, 2.45) is 5.92 Å². The fourth-order valence-electron chi connectivity index (χ4n) is 2.59. The Morgan fingerprint density at radius 3 is 2.47 bits per heavy atom. The van der Waals surface area contributed by atoms with Crippen LogP contribution in [0, 0.1) is 5.92 Å². The van der Waals surface area contributed by atoms with Crippen molar-refractivity contribution in [3.05, 3.63) is 0 Å². The molecule has 0 radical (unpaired) electrons. The van der Waals surface area contributed by atoms with Crippen molar-refractivity contribution in [3.8, 4) is 0 Å². The number of urea groups is 1. The Bertz CT molecular complexity index is 368. The van der Waals surface area contributed by atoms with Crippen LogP contribution in [-0.4, -0.2) is 63.3 Å². The Morgan fingerprint density at radius 2 is 2.00 bits per heavy atom. The van der Waals surface area contributed by atoms with Gasteiger partial charge in [0.15, 0.2) is 0 Å². The number of amides is 2. The smallest absolute Gasteiger partial charge is 0.326 e. The zero-order valence-corrected chi connectivity index (χ0v) is 11.5. The van der Waals surface area contributed by atoms with E-state index >= 15 is 0 Å². The maximum Gasteiger partial charge on any atom is 0.326 e. The van der Waals surface area contributed by atoms with Crippen LogP contribution in [0.5, 0.6) is 0 Å². The third kappa shape index (κ3) is 3.18. The number of carbonyl (C=O) groups excluding carboxylic acids is 1. The highest BCUT2D eigenvalue weighted by Gasteiger charge is 2.43.